The van der Waals surface area contributed by atoms with Gasteiger partial charge in [0.15, 0.2) is 0 Å². The lowest BCUT2D eigenvalue weighted by Gasteiger charge is -2.09. The first-order chi connectivity index (χ1) is 11.2. The van der Waals surface area contributed by atoms with Gasteiger partial charge < -0.3 is 5.32 Å². The predicted molar refractivity (Wildman–Crippen MR) is 87.3 cm³/mol. The molecule has 0 aliphatic rings. The normalized spacial score (nSPS) is 10.7. The average molecular weight is 308 g/mol. The van der Waals surface area contributed by atoms with Crippen molar-refractivity contribution in [1.82, 2.24) is 19.9 Å². The Morgan fingerprint density at radius 2 is 1.96 bits per heavy atom. The summed E-state index contributed by atoms with van der Waals surface area (Å²) in [6.45, 7) is 0.383. The van der Waals surface area contributed by atoms with E-state index in [-0.39, 0.29) is 11.5 Å². The van der Waals surface area contributed by atoms with Gasteiger partial charge in [-0.1, -0.05) is 18.2 Å². The summed E-state index contributed by atoms with van der Waals surface area (Å²) in [6.07, 6.45) is 2.04. The average Bonchev–Trinajstić information content (AvgIpc) is 2.60. The van der Waals surface area contributed by atoms with E-state index in [0.29, 0.717) is 35.4 Å². The zero-order valence-electron chi connectivity index (χ0n) is 12.7. The summed E-state index contributed by atoms with van der Waals surface area (Å²) in [5.74, 6) is 0.395. The molecule has 6 heteroatoms. The van der Waals surface area contributed by atoms with Crippen molar-refractivity contribution in [2.24, 2.45) is 7.05 Å². The number of para-hydroxylation sites is 1. The molecule has 23 heavy (non-hydrogen) atoms. The van der Waals surface area contributed by atoms with E-state index in [1.165, 1.54) is 4.57 Å². The van der Waals surface area contributed by atoms with Gasteiger partial charge in [0.1, 0.15) is 11.5 Å². The molecule has 2 aromatic heterocycles. The Labute approximate surface area is 132 Å². The Bertz CT molecular complexity index is 903. The zero-order valence-corrected chi connectivity index (χ0v) is 12.7. The summed E-state index contributed by atoms with van der Waals surface area (Å²) in [5.41, 5.74) is 0.955. The first kappa shape index (κ1) is 14.9. The number of carbonyl (C=O) groups is 1. The lowest BCUT2D eigenvalue weighted by Crippen LogP contribution is -2.29. The molecule has 1 amide bonds. The van der Waals surface area contributed by atoms with Gasteiger partial charge in [0.25, 0.3) is 11.5 Å². The second-order valence-corrected chi connectivity index (χ2v) is 5.13. The summed E-state index contributed by atoms with van der Waals surface area (Å²) in [6, 6.07) is 12.4. The van der Waals surface area contributed by atoms with Gasteiger partial charge >= 0.3 is 0 Å². The van der Waals surface area contributed by atoms with Crippen LogP contribution in [-0.2, 0) is 13.5 Å². The molecule has 0 atom stereocenters. The van der Waals surface area contributed by atoms with E-state index in [4.69, 9.17) is 0 Å². The molecule has 3 aromatic rings. The molecule has 6 nitrogen and oxygen atoms in total. The highest BCUT2D eigenvalue weighted by Gasteiger charge is 2.09. The smallest absolute Gasteiger partial charge is 0.269 e. The Hall–Kier alpha value is -3.02. The van der Waals surface area contributed by atoms with E-state index < -0.39 is 0 Å². The SMILES string of the molecule is Cn1c(CCNC(=O)c2ccccn2)nc2ccccc2c1=O. The van der Waals surface area contributed by atoms with Gasteiger partial charge in [-0.3, -0.25) is 19.1 Å². The molecule has 0 spiro atoms. The van der Waals surface area contributed by atoms with Crippen molar-refractivity contribution in [2.75, 3.05) is 6.54 Å². The molecule has 116 valence electrons. The first-order valence-electron chi connectivity index (χ1n) is 7.30. The number of hydrogen-bond donors (Lipinski definition) is 1. The van der Waals surface area contributed by atoms with Crippen LogP contribution >= 0.6 is 0 Å². The van der Waals surface area contributed by atoms with Crippen LogP contribution in [0, 0.1) is 0 Å². The van der Waals surface area contributed by atoms with E-state index in [1.807, 2.05) is 18.2 Å². The molecular weight excluding hydrogens is 292 g/mol. The van der Waals surface area contributed by atoms with E-state index in [9.17, 15) is 9.59 Å². The summed E-state index contributed by atoms with van der Waals surface area (Å²) in [7, 11) is 1.69. The summed E-state index contributed by atoms with van der Waals surface area (Å²) in [4.78, 5) is 32.7. The van der Waals surface area contributed by atoms with Crippen LogP contribution in [-0.4, -0.2) is 27.0 Å². The van der Waals surface area contributed by atoms with Crippen LogP contribution in [0.15, 0.2) is 53.5 Å². The summed E-state index contributed by atoms with van der Waals surface area (Å²) in [5, 5.41) is 3.38. The van der Waals surface area contributed by atoms with Crippen LogP contribution in [0.4, 0.5) is 0 Å². The predicted octanol–water partition coefficient (Wildman–Crippen LogP) is 1.30. The van der Waals surface area contributed by atoms with Gasteiger partial charge in [0.05, 0.1) is 10.9 Å². The van der Waals surface area contributed by atoms with E-state index >= 15 is 0 Å². The number of benzene rings is 1. The third kappa shape index (κ3) is 3.11. The monoisotopic (exact) mass is 308 g/mol. The molecule has 2 heterocycles. The number of nitrogens with zero attached hydrogens (tertiary/aromatic N) is 3. The molecule has 0 saturated heterocycles. The van der Waals surface area contributed by atoms with E-state index in [1.54, 1.807) is 37.5 Å². The Morgan fingerprint density at radius 1 is 1.17 bits per heavy atom. The molecule has 0 saturated carbocycles. The quantitative estimate of drug-likeness (QED) is 0.788. The number of rotatable bonds is 4. The number of fused-ring (bicyclic) bond motifs is 1. The van der Waals surface area contributed by atoms with Gasteiger partial charge in [-0.05, 0) is 24.3 Å². The second-order valence-electron chi connectivity index (χ2n) is 5.13. The number of amides is 1. The number of pyridine rings is 1. The molecule has 0 bridgehead atoms. The third-order valence-electron chi connectivity index (χ3n) is 3.61. The van der Waals surface area contributed by atoms with E-state index in [0.717, 1.165) is 0 Å². The molecule has 0 aliphatic heterocycles. The summed E-state index contributed by atoms with van der Waals surface area (Å²) >= 11 is 0. The maximum atomic E-state index is 12.3. The van der Waals surface area contributed by atoms with Crippen LogP contribution in [0.1, 0.15) is 16.3 Å². The number of carbonyl (C=O) groups excluding carboxylic acids is 1. The molecule has 0 fully saturated rings. The first-order valence-corrected chi connectivity index (χ1v) is 7.30. The highest BCUT2D eigenvalue weighted by Crippen LogP contribution is 2.07. The van der Waals surface area contributed by atoms with Gasteiger partial charge in [0.2, 0.25) is 0 Å². The van der Waals surface area contributed by atoms with Gasteiger partial charge in [-0.25, -0.2) is 4.98 Å². The van der Waals surface area contributed by atoms with E-state index in [2.05, 4.69) is 15.3 Å². The van der Waals surface area contributed by atoms with Crippen LogP contribution < -0.4 is 10.9 Å². The standard InChI is InChI=1S/C17H16N4O2/c1-21-15(20-13-7-3-2-6-12(13)17(21)23)9-11-19-16(22)14-8-4-5-10-18-14/h2-8,10H,9,11H2,1H3,(H,19,22). The van der Waals surface area contributed by atoms with Crippen molar-refractivity contribution < 1.29 is 4.79 Å². The lowest BCUT2D eigenvalue weighted by atomic mass is 10.2. The van der Waals surface area contributed by atoms with Crippen molar-refractivity contribution in [3.8, 4) is 0 Å². The minimum Gasteiger partial charge on any atom is -0.350 e. The highest BCUT2D eigenvalue weighted by atomic mass is 16.2. The van der Waals surface area contributed by atoms with Crippen molar-refractivity contribution >= 4 is 16.8 Å². The molecule has 3 rings (SSSR count). The van der Waals surface area contributed by atoms with Crippen LogP contribution in [0.5, 0.6) is 0 Å². The largest absolute Gasteiger partial charge is 0.350 e. The molecule has 0 aliphatic carbocycles. The van der Waals surface area contributed by atoms with Crippen molar-refractivity contribution in [2.45, 2.75) is 6.42 Å². The molecule has 1 N–H and O–H groups in total. The molecule has 0 radical (unpaired) electrons. The van der Waals surface area contributed by atoms with Gasteiger partial charge in [0, 0.05) is 26.2 Å². The Balaban J connectivity index is 1.74. The minimum atomic E-state index is -0.239. The fourth-order valence-electron chi connectivity index (χ4n) is 2.36. The van der Waals surface area contributed by atoms with Gasteiger partial charge in [-0.15, -0.1) is 0 Å². The highest BCUT2D eigenvalue weighted by molar-refractivity contribution is 5.92. The van der Waals surface area contributed by atoms with Crippen molar-refractivity contribution in [1.29, 1.82) is 0 Å². The number of hydrogen-bond acceptors (Lipinski definition) is 4. The fourth-order valence-corrected chi connectivity index (χ4v) is 2.36. The maximum Gasteiger partial charge on any atom is 0.269 e. The van der Waals surface area contributed by atoms with Crippen LogP contribution in [0.2, 0.25) is 0 Å². The Morgan fingerprint density at radius 3 is 2.74 bits per heavy atom. The lowest BCUT2D eigenvalue weighted by molar-refractivity contribution is 0.0949. The van der Waals surface area contributed by atoms with Crippen molar-refractivity contribution in [3.05, 3.63) is 70.5 Å². The van der Waals surface area contributed by atoms with Crippen molar-refractivity contribution in [3.63, 3.8) is 0 Å². The number of nitrogens with one attached hydrogen (secondary N) is 1. The summed E-state index contributed by atoms with van der Waals surface area (Å²) < 4.78 is 1.52. The Kier molecular flexibility index (Phi) is 4.14. The fraction of sp³-hybridized carbons (Fsp3) is 0.176. The molecule has 0 unspecified atom stereocenters. The molecule has 1 aromatic carbocycles. The number of aromatic nitrogens is 3. The maximum absolute atomic E-state index is 12.3. The molecular formula is C17H16N4O2. The topological polar surface area (TPSA) is 76.9 Å². The second kappa shape index (κ2) is 6.39. The van der Waals surface area contributed by atoms with Crippen LogP contribution in [0.25, 0.3) is 10.9 Å². The van der Waals surface area contributed by atoms with Gasteiger partial charge in [-0.2, -0.15) is 0 Å². The minimum absolute atomic E-state index is 0.0818. The zero-order chi connectivity index (χ0) is 16.2. The van der Waals surface area contributed by atoms with Crippen LogP contribution in [0.3, 0.4) is 0 Å². The third-order valence-corrected chi connectivity index (χ3v) is 3.61.